The van der Waals surface area contributed by atoms with Crippen molar-refractivity contribution in [2.45, 2.75) is 13.0 Å². The van der Waals surface area contributed by atoms with E-state index in [9.17, 15) is 0 Å². The third-order valence-corrected chi connectivity index (χ3v) is 2.53. The number of benzene rings is 1. The maximum absolute atomic E-state index is 5.97. The first-order valence-electron chi connectivity index (χ1n) is 4.77. The number of hydrogen-bond acceptors (Lipinski definition) is 5. The SMILES string of the molecule is C[C@@H](Oc1ccc(Cl)cc1Cl)c1nnc(N)o1. The van der Waals surface area contributed by atoms with Crippen molar-refractivity contribution < 1.29 is 9.15 Å². The molecule has 0 spiro atoms. The number of hydrogen-bond donors (Lipinski definition) is 1. The Labute approximate surface area is 107 Å². The van der Waals surface area contributed by atoms with E-state index in [0.29, 0.717) is 15.8 Å². The first-order chi connectivity index (χ1) is 8.06. The zero-order valence-electron chi connectivity index (χ0n) is 8.85. The minimum atomic E-state index is -0.446. The summed E-state index contributed by atoms with van der Waals surface area (Å²) in [6, 6.07) is 4.93. The van der Waals surface area contributed by atoms with E-state index < -0.39 is 6.10 Å². The van der Waals surface area contributed by atoms with Crippen molar-refractivity contribution in [1.82, 2.24) is 10.2 Å². The second-order valence-corrected chi connectivity index (χ2v) is 4.16. The number of anilines is 1. The number of ether oxygens (including phenoxy) is 1. The van der Waals surface area contributed by atoms with E-state index in [-0.39, 0.29) is 11.9 Å². The first-order valence-corrected chi connectivity index (χ1v) is 5.52. The lowest BCUT2D eigenvalue weighted by Crippen LogP contribution is -2.03. The monoisotopic (exact) mass is 273 g/mol. The van der Waals surface area contributed by atoms with E-state index in [1.54, 1.807) is 25.1 Å². The van der Waals surface area contributed by atoms with E-state index >= 15 is 0 Å². The third kappa shape index (κ3) is 2.81. The van der Waals surface area contributed by atoms with Crippen LogP contribution in [0.5, 0.6) is 5.75 Å². The van der Waals surface area contributed by atoms with Gasteiger partial charge >= 0.3 is 6.01 Å². The van der Waals surface area contributed by atoms with Crippen LogP contribution in [0.3, 0.4) is 0 Å². The lowest BCUT2D eigenvalue weighted by molar-refractivity contribution is 0.190. The van der Waals surface area contributed by atoms with Gasteiger partial charge in [-0.2, -0.15) is 0 Å². The van der Waals surface area contributed by atoms with Crippen LogP contribution < -0.4 is 10.5 Å². The molecule has 0 saturated carbocycles. The molecular weight excluding hydrogens is 265 g/mol. The fraction of sp³-hybridized carbons (Fsp3) is 0.200. The Bertz CT molecular complexity index is 530. The molecule has 2 rings (SSSR count). The zero-order chi connectivity index (χ0) is 12.4. The van der Waals surface area contributed by atoms with Crippen molar-refractivity contribution in [2.75, 3.05) is 5.73 Å². The summed E-state index contributed by atoms with van der Waals surface area (Å²) in [5.41, 5.74) is 5.32. The Kier molecular flexibility index (Phi) is 3.40. The van der Waals surface area contributed by atoms with E-state index in [2.05, 4.69) is 10.2 Å². The van der Waals surface area contributed by atoms with Gasteiger partial charge in [0.1, 0.15) is 5.75 Å². The minimum Gasteiger partial charge on any atom is -0.479 e. The van der Waals surface area contributed by atoms with Gasteiger partial charge < -0.3 is 14.9 Å². The van der Waals surface area contributed by atoms with Crippen molar-refractivity contribution in [2.24, 2.45) is 0 Å². The summed E-state index contributed by atoms with van der Waals surface area (Å²) in [6.07, 6.45) is -0.446. The van der Waals surface area contributed by atoms with E-state index in [1.807, 2.05) is 0 Å². The Morgan fingerprint density at radius 1 is 1.35 bits per heavy atom. The average molecular weight is 274 g/mol. The summed E-state index contributed by atoms with van der Waals surface area (Å²) >= 11 is 11.7. The molecule has 5 nitrogen and oxygen atoms in total. The van der Waals surface area contributed by atoms with Crippen LogP contribution in [0.25, 0.3) is 0 Å². The van der Waals surface area contributed by atoms with Gasteiger partial charge in [-0.1, -0.05) is 28.3 Å². The molecule has 1 aromatic carbocycles. The van der Waals surface area contributed by atoms with Crippen LogP contribution in [-0.4, -0.2) is 10.2 Å². The Balaban J connectivity index is 2.15. The van der Waals surface area contributed by atoms with Crippen LogP contribution in [0.2, 0.25) is 10.0 Å². The molecule has 17 heavy (non-hydrogen) atoms. The molecule has 0 saturated heterocycles. The number of nitrogens with two attached hydrogens (primary N) is 1. The first kappa shape index (κ1) is 12.0. The van der Waals surface area contributed by atoms with E-state index in [0.717, 1.165) is 0 Å². The van der Waals surface area contributed by atoms with E-state index in [1.165, 1.54) is 0 Å². The van der Waals surface area contributed by atoms with Gasteiger partial charge in [-0.15, -0.1) is 5.10 Å². The molecule has 0 aliphatic carbocycles. The molecule has 2 N–H and O–H groups in total. The molecule has 7 heteroatoms. The Morgan fingerprint density at radius 2 is 2.12 bits per heavy atom. The fourth-order valence-corrected chi connectivity index (χ4v) is 1.68. The number of halogens is 2. The molecule has 0 radical (unpaired) electrons. The van der Waals surface area contributed by atoms with Crippen LogP contribution >= 0.6 is 23.2 Å². The predicted molar refractivity (Wildman–Crippen MR) is 64.2 cm³/mol. The molecule has 1 atom stereocenters. The third-order valence-electron chi connectivity index (χ3n) is 2.00. The van der Waals surface area contributed by atoms with Crippen molar-refractivity contribution >= 4 is 29.2 Å². The molecule has 2 aromatic rings. The standard InChI is InChI=1S/C10H9Cl2N3O2/c1-5(9-14-15-10(13)17-9)16-8-3-2-6(11)4-7(8)12/h2-5H,1H3,(H2,13,15)/t5-/m1/s1. The normalized spacial score (nSPS) is 12.4. The summed E-state index contributed by atoms with van der Waals surface area (Å²) < 4.78 is 10.6. The van der Waals surface area contributed by atoms with Gasteiger partial charge in [-0.05, 0) is 25.1 Å². The minimum absolute atomic E-state index is 0.00217. The fourth-order valence-electron chi connectivity index (χ4n) is 1.22. The van der Waals surface area contributed by atoms with Gasteiger partial charge in [0.15, 0.2) is 6.10 Å². The molecule has 0 aliphatic rings. The molecule has 0 aliphatic heterocycles. The average Bonchev–Trinajstić information content (AvgIpc) is 2.69. The zero-order valence-corrected chi connectivity index (χ0v) is 10.4. The maximum atomic E-state index is 5.97. The quantitative estimate of drug-likeness (QED) is 0.930. The molecule has 0 amide bonds. The molecule has 0 fully saturated rings. The van der Waals surface area contributed by atoms with Crippen molar-refractivity contribution in [3.63, 3.8) is 0 Å². The highest BCUT2D eigenvalue weighted by Gasteiger charge is 2.16. The summed E-state index contributed by atoms with van der Waals surface area (Å²) in [5.74, 6) is 0.772. The molecule has 1 heterocycles. The van der Waals surface area contributed by atoms with Gasteiger partial charge in [-0.3, -0.25) is 0 Å². The van der Waals surface area contributed by atoms with Crippen molar-refractivity contribution in [3.8, 4) is 5.75 Å². The number of rotatable bonds is 3. The lowest BCUT2D eigenvalue weighted by atomic mass is 10.3. The van der Waals surface area contributed by atoms with Gasteiger partial charge in [0.25, 0.3) is 5.89 Å². The topological polar surface area (TPSA) is 74.2 Å². The predicted octanol–water partition coefficient (Wildman–Crippen LogP) is 3.10. The highest BCUT2D eigenvalue weighted by atomic mass is 35.5. The summed E-state index contributed by atoms with van der Waals surface area (Å²) in [7, 11) is 0. The maximum Gasteiger partial charge on any atom is 0.312 e. The molecule has 90 valence electrons. The molecular formula is C10H9Cl2N3O2. The number of nitrogen functional groups attached to an aromatic ring is 1. The second-order valence-electron chi connectivity index (χ2n) is 3.31. The van der Waals surface area contributed by atoms with E-state index in [4.69, 9.17) is 38.1 Å². The van der Waals surface area contributed by atoms with Gasteiger partial charge in [0, 0.05) is 5.02 Å². The summed E-state index contributed by atoms with van der Waals surface area (Å²) in [4.78, 5) is 0. The Morgan fingerprint density at radius 3 is 2.71 bits per heavy atom. The van der Waals surface area contributed by atoms with Crippen LogP contribution in [0.1, 0.15) is 18.9 Å². The molecule has 0 unspecified atom stereocenters. The lowest BCUT2D eigenvalue weighted by Gasteiger charge is -2.12. The molecule has 0 bridgehead atoms. The Hall–Kier alpha value is -1.46. The number of nitrogens with zero attached hydrogens (tertiary/aromatic N) is 2. The van der Waals surface area contributed by atoms with Crippen LogP contribution in [0.15, 0.2) is 22.6 Å². The second kappa shape index (κ2) is 4.81. The van der Waals surface area contributed by atoms with Crippen LogP contribution in [-0.2, 0) is 0 Å². The summed E-state index contributed by atoms with van der Waals surface area (Å²) in [6.45, 7) is 1.75. The largest absolute Gasteiger partial charge is 0.479 e. The van der Waals surface area contributed by atoms with Crippen LogP contribution in [0, 0.1) is 0 Å². The van der Waals surface area contributed by atoms with Crippen molar-refractivity contribution in [1.29, 1.82) is 0 Å². The van der Waals surface area contributed by atoms with Gasteiger partial charge in [-0.25, -0.2) is 0 Å². The van der Waals surface area contributed by atoms with Crippen molar-refractivity contribution in [3.05, 3.63) is 34.1 Å². The smallest absolute Gasteiger partial charge is 0.312 e. The molecule has 1 aromatic heterocycles. The number of aromatic nitrogens is 2. The summed E-state index contributed by atoms with van der Waals surface area (Å²) in [5, 5.41) is 8.22. The van der Waals surface area contributed by atoms with Gasteiger partial charge in [0.2, 0.25) is 0 Å². The van der Waals surface area contributed by atoms with Crippen LogP contribution in [0.4, 0.5) is 6.01 Å². The highest BCUT2D eigenvalue weighted by Crippen LogP contribution is 2.30. The highest BCUT2D eigenvalue weighted by molar-refractivity contribution is 6.35. The van der Waals surface area contributed by atoms with Gasteiger partial charge in [0.05, 0.1) is 5.02 Å².